The average Bonchev–Trinajstić information content (AvgIpc) is 2.98. The predicted molar refractivity (Wildman–Crippen MR) is 84.9 cm³/mol. The standard InChI is InChI=1S/C17H17N3O3/c1-12-14(15(19-23-12)13-8-4-2-5-9-13)16(21)18-17(22)20-10-6-3-7-11-20/h2-6,8-9H,7,10-11H2,1H3,(H,18,21,22). The minimum Gasteiger partial charge on any atom is -0.360 e. The normalized spacial score (nSPS) is 13.9. The summed E-state index contributed by atoms with van der Waals surface area (Å²) in [7, 11) is 0. The number of aryl methyl sites for hydroxylation is 1. The Labute approximate surface area is 133 Å². The Hall–Kier alpha value is -2.89. The number of benzene rings is 1. The molecule has 2 heterocycles. The van der Waals surface area contributed by atoms with E-state index >= 15 is 0 Å². The molecule has 0 saturated carbocycles. The highest BCUT2D eigenvalue weighted by atomic mass is 16.5. The Morgan fingerprint density at radius 2 is 2.00 bits per heavy atom. The highest BCUT2D eigenvalue weighted by Crippen LogP contribution is 2.24. The molecule has 6 nitrogen and oxygen atoms in total. The maximum absolute atomic E-state index is 12.5. The van der Waals surface area contributed by atoms with Gasteiger partial charge in [-0.1, -0.05) is 47.6 Å². The molecule has 0 unspecified atom stereocenters. The summed E-state index contributed by atoms with van der Waals surface area (Å²) < 4.78 is 5.15. The third kappa shape index (κ3) is 3.15. The summed E-state index contributed by atoms with van der Waals surface area (Å²) in [6.45, 7) is 2.76. The lowest BCUT2D eigenvalue weighted by Crippen LogP contribution is -2.44. The number of imide groups is 1. The van der Waals surface area contributed by atoms with Crippen LogP contribution in [0.1, 0.15) is 22.5 Å². The van der Waals surface area contributed by atoms with Gasteiger partial charge < -0.3 is 9.42 Å². The molecule has 0 atom stereocenters. The van der Waals surface area contributed by atoms with Crippen LogP contribution < -0.4 is 5.32 Å². The Balaban J connectivity index is 1.81. The van der Waals surface area contributed by atoms with Crippen molar-refractivity contribution in [2.24, 2.45) is 0 Å². The second kappa shape index (κ2) is 6.48. The van der Waals surface area contributed by atoms with Crippen molar-refractivity contribution in [1.29, 1.82) is 0 Å². The third-order valence-corrected chi connectivity index (χ3v) is 3.70. The molecule has 1 N–H and O–H groups in total. The molecule has 0 fully saturated rings. The van der Waals surface area contributed by atoms with Crippen LogP contribution in [0.3, 0.4) is 0 Å². The number of nitrogens with zero attached hydrogens (tertiary/aromatic N) is 2. The van der Waals surface area contributed by atoms with E-state index in [9.17, 15) is 9.59 Å². The second-order valence-electron chi connectivity index (χ2n) is 5.29. The van der Waals surface area contributed by atoms with Gasteiger partial charge in [-0.15, -0.1) is 0 Å². The van der Waals surface area contributed by atoms with Crippen molar-refractivity contribution in [2.75, 3.05) is 13.1 Å². The van der Waals surface area contributed by atoms with Crippen LogP contribution in [0.25, 0.3) is 11.3 Å². The van der Waals surface area contributed by atoms with Crippen LogP contribution in [0.2, 0.25) is 0 Å². The molecule has 1 aromatic carbocycles. The van der Waals surface area contributed by atoms with Crippen molar-refractivity contribution in [3.63, 3.8) is 0 Å². The summed E-state index contributed by atoms with van der Waals surface area (Å²) in [4.78, 5) is 26.3. The van der Waals surface area contributed by atoms with Crippen molar-refractivity contribution in [2.45, 2.75) is 13.3 Å². The summed E-state index contributed by atoms with van der Waals surface area (Å²) >= 11 is 0. The minimum atomic E-state index is -0.498. The quantitative estimate of drug-likeness (QED) is 0.865. The number of carbonyl (C=O) groups is 2. The molecule has 0 aliphatic carbocycles. The first-order valence-corrected chi connectivity index (χ1v) is 7.44. The van der Waals surface area contributed by atoms with Crippen LogP contribution in [-0.2, 0) is 0 Å². The number of nitrogens with one attached hydrogen (secondary N) is 1. The first-order chi connectivity index (χ1) is 11.2. The number of urea groups is 1. The van der Waals surface area contributed by atoms with Gasteiger partial charge in [0.2, 0.25) is 0 Å². The van der Waals surface area contributed by atoms with Gasteiger partial charge in [0.15, 0.2) is 0 Å². The first-order valence-electron chi connectivity index (χ1n) is 7.44. The van der Waals surface area contributed by atoms with Crippen molar-refractivity contribution in [3.8, 4) is 11.3 Å². The smallest absolute Gasteiger partial charge is 0.324 e. The first kappa shape index (κ1) is 15.0. The number of hydrogen-bond donors (Lipinski definition) is 1. The van der Waals surface area contributed by atoms with Gasteiger partial charge in [-0.25, -0.2) is 4.79 Å². The van der Waals surface area contributed by atoms with Gasteiger partial charge in [0.25, 0.3) is 5.91 Å². The molecule has 1 aliphatic rings. The molecule has 3 rings (SSSR count). The summed E-state index contributed by atoms with van der Waals surface area (Å²) in [5.74, 6) is -0.116. The fourth-order valence-electron chi connectivity index (χ4n) is 2.50. The molecular weight excluding hydrogens is 294 g/mol. The molecule has 0 radical (unpaired) electrons. The Morgan fingerprint density at radius 3 is 2.70 bits per heavy atom. The Bertz CT molecular complexity index is 750. The fourth-order valence-corrected chi connectivity index (χ4v) is 2.50. The molecule has 23 heavy (non-hydrogen) atoms. The summed E-state index contributed by atoms with van der Waals surface area (Å²) in [6, 6.07) is 8.86. The lowest BCUT2D eigenvalue weighted by Gasteiger charge is -2.23. The number of carbonyl (C=O) groups excluding carboxylic acids is 2. The van der Waals surface area contributed by atoms with Crippen molar-refractivity contribution in [1.82, 2.24) is 15.4 Å². The highest BCUT2D eigenvalue weighted by molar-refractivity contribution is 6.08. The number of rotatable bonds is 2. The van der Waals surface area contributed by atoms with Crippen molar-refractivity contribution >= 4 is 11.9 Å². The lowest BCUT2D eigenvalue weighted by atomic mass is 10.1. The Kier molecular flexibility index (Phi) is 4.23. The zero-order valence-corrected chi connectivity index (χ0v) is 12.8. The molecule has 0 saturated heterocycles. The fraction of sp³-hybridized carbons (Fsp3) is 0.235. The molecule has 3 amide bonds. The van der Waals surface area contributed by atoms with E-state index in [0.717, 1.165) is 12.0 Å². The average molecular weight is 311 g/mol. The second-order valence-corrected chi connectivity index (χ2v) is 5.29. The minimum absolute atomic E-state index is 0.289. The zero-order chi connectivity index (χ0) is 16.2. The van der Waals surface area contributed by atoms with Crippen LogP contribution in [0, 0.1) is 6.92 Å². The molecule has 1 aliphatic heterocycles. The van der Waals surface area contributed by atoms with Crippen LogP contribution in [0.15, 0.2) is 47.0 Å². The summed E-state index contributed by atoms with van der Waals surface area (Å²) in [6.07, 6.45) is 4.72. The molecule has 0 spiro atoms. The van der Waals surface area contributed by atoms with Gasteiger partial charge in [-0.05, 0) is 13.3 Å². The van der Waals surface area contributed by atoms with Gasteiger partial charge >= 0.3 is 6.03 Å². The van der Waals surface area contributed by atoms with Crippen LogP contribution in [0.4, 0.5) is 4.79 Å². The largest absolute Gasteiger partial charge is 0.360 e. The SMILES string of the molecule is Cc1onc(-c2ccccc2)c1C(=O)NC(=O)N1CC=CCC1. The van der Waals surface area contributed by atoms with Crippen molar-refractivity contribution in [3.05, 3.63) is 53.8 Å². The molecule has 0 bridgehead atoms. The summed E-state index contributed by atoms with van der Waals surface area (Å²) in [5, 5.41) is 6.37. The summed E-state index contributed by atoms with van der Waals surface area (Å²) in [5.41, 5.74) is 1.49. The molecular formula is C17H17N3O3. The number of aromatic nitrogens is 1. The van der Waals surface area contributed by atoms with E-state index < -0.39 is 11.9 Å². The van der Waals surface area contributed by atoms with Crippen LogP contribution in [-0.4, -0.2) is 35.1 Å². The van der Waals surface area contributed by atoms with E-state index in [4.69, 9.17) is 4.52 Å². The van der Waals surface area contributed by atoms with Gasteiger partial charge in [-0.3, -0.25) is 10.1 Å². The number of hydrogen-bond acceptors (Lipinski definition) is 4. The van der Waals surface area contributed by atoms with Crippen LogP contribution >= 0.6 is 0 Å². The molecule has 1 aromatic heterocycles. The zero-order valence-electron chi connectivity index (χ0n) is 12.8. The number of amides is 3. The lowest BCUT2D eigenvalue weighted by molar-refractivity contribution is 0.0952. The highest BCUT2D eigenvalue weighted by Gasteiger charge is 2.24. The predicted octanol–water partition coefficient (Wildman–Crippen LogP) is 2.76. The maximum atomic E-state index is 12.5. The van der Waals surface area contributed by atoms with Gasteiger partial charge in [0, 0.05) is 18.7 Å². The van der Waals surface area contributed by atoms with Crippen LogP contribution in [0.5, 0.6) is 0 Å². The van der Waals surface area contributed by atoms with E-state index in [2.05, 4.69) is 10.5 Å². The van der Waals surface area contributed by atoms with E-state index in [1.807, 2.05) is 42.5 Å². The van der Waals surface area contributed by atoms with Gasteiger partial charge in [0.1, 0.15) is 17.0 Å². The van der Waals surface area contributed by atoms with Gasteiger partial charge in [-0.2, -0.15) is 0 Å². The van der Waals surface area contributed by atoms with E-state index in [-0.39, 0.29) is 5.56 Å². The van der Waals surface area contributed by atoms with E-state index in [1.54, 1.807) is 11.8 Å². The maximum Gasteiger partial charge on any atom is 0.324 e. The Morgan fingerprint density at radius 1 is 1.22 bits per heavy atom. The van der Waals surface area contributed by atoms with E-state index in [0.29, 0.717) is 24.5 Å². The van der Waals surface area contributed by atoms with Gasteiger partial charge in [0.05, 0.1) is 0 Å². The van der Waals surface area contributed by atoms with E-state index in [1.165, 1.54) is 0 Å². The molecule has 6 heteroatoms. The molecule has 118 valence electrons. The topological polar surface area (TPSA) is 75.4 Å². The monoisotopic (exact) mass is 311 g/mol. The molecule has 2 aromatic rings. The third-order valence-electron chi connectivity index (χ3n) is 3.70. The van der Waals surface area contributed by atoms with Crippen molar-refractivity contribution < 1.29 is 14.1 Å².